The Kier molecular flexibility index (Phi) is 6.67. The predicted octanol–water partition coefficient (Wildman–Crippen LogP) is 3.21. The molecule has 0 radical (unpaired) electrons. The molecular formula is C18H18N2O6. The van der Waals surface area contributed by atoms with Crippen LogP contribution in [0.15, 0.2) is 42.5 Å². The van der Waals surface area contributed by atoms with Crippen LogP contribution in [0.3, 0.4) is 0 Å². The van der Waals surface area contributed by atoms with Crippen LogP contribution in [-0.4, -0.2) is 30.3 Å². The summed E-state index contributed by atoms with van der Waals surface area (Å²) in [5.41, 5.74) is 0.635. The number of nitro groups is 1. The Balaban J connectivity index is 1.97. The zero-order valence-corrected chi connectivity index (χ0v) is 14.1. The fourth-order valence-electron chi connectivity index (χ4n) is 2.05. The van der Waals surface area contributed by atoms with E-state index in [1.807, 2.05) is 6.92 Å². The first kappa shape index (κ1) is 18.9. The molecule has 2 aromatic carbocycles. The van der Waals surface area contributed by atoms with E-state index in [0.717, 1.165) is 6.42 Å². The third-order valence-electron chi connectivity index (χ3n) is 3.31. The number of ether oxygens (including phenoxy) is 2. The van der Waals surface area contributed by atoms with Gasteiger partial charge in [-0.05, 0) is 30.7 Å². The number of non-ortho nitro benzene ring substituents is 1. The maximum absolute atomic E-state index is 12.0. The van der Waals surface area contributed by atoms with Crippen molar-refractivity contribution in [1.29, 1.82) is 0 Å². The van der Waals surface area contributed by atoms with Gasteiger partial charge in [0.25, 0.3) is 11.6 Å². The van der Waals surface area contributed by atoms with Crippen LogP contribution in [0.1, 0.15) is 23.7 Å². The van der Waals surface area contributed by atoms with Gasteiger partial charge in [0.2, 0.25) is 0 Å². The van der Waals surface area contributed by atoms with Crippen LogP contribution in [0.2, 0.25) is 0 Å². The lowest BCUT2D eigenvalue weighted by Crippen LogP contribution is -2.20. The van der Waals surface area contributed by atoms with E-state index in [9.17, 15) is 19.7 Å². The highest BCUT2D eigenvalue weighted by molar-refractivity contribution is 5.92. The highest BCUT2D eigenvalue weighted by Gasteiger charge is 2.10. The second-order valence-corrected chi connectivity index (χ2v) is 5.31. The molecule has 1 N–H and O–H groups in total. The van der Waals surface area contributed by atoms with E-state index in [1.54, 1.807) is 18.2 Å². The summed E-state index contributed by atoms with van der Waals surface area (Å²) < 4.78 is 10.9. The van der Waals surface area contributed by atoms with E-state index in [-0.39, 0.29) is 18.0 Å². The van der Waals surface area contributed by atoms with Crippen molar-refractivity contribution in [2.45, 2.75) is 13.3 Å². The number of anilines is 1. The Hall–Kier alpha value is -3.42. The van der Waals surface area contributed by atoms with Crippen molar-refractivity contribution >= 4 is 23.6 Å². The number of amides is 1. The van der Waals surface area contributed by atoms with Crippen molar-refractivity contribution in [3.63, 3.8) is 0 Å². The van der Waals surface area contributed by atoms with Gasteiger partial charge >= 0.3 is 0 Å². The van der Waals surface area contributed by atoms with Crippen molar-refractivity contribution in [3.8, 4) is 11.5 Å². The zero-order valence-electron chi connectivity index (χ0n) is 14.1. The number of aldehydes is 1. The molecule has 0 heterocycles. The number of rotatable bonds is 9. The van der Waals surface area contributed by atoms with Crippen LogP contribution in [0.25, 0.3) is 0 Å². The lowest BCUT2D eigenvalue weighted by Gasteiger charge is -2.11. The summed E-state index contributed by atoms with van der Waals surface area (Å²) in [5, 5.41) is 13.2. The fraction of sp³-hybridized carbons (Fsp3) is 0.222. The van der Waals surface area contributed by atoms with E-state index in [2.05, 4.69) is 5.32 Å². The molecule has 8 heteroatoms. The summed E-state index contributed by atoms with van der Waals surface area (Å²) in [5.74, 6) is 0.325. The number of carbonyl (C=O) groups is 2. The maximum atomic E-state index is 12.0. The smallest absolute Gasteiger partial charge is 0.269 e. The Morgan fingerprint density at radius 3 is 2.54 bits per heavy atom. The monoisotopic (exact) mass is 358 g/mol. The van der Waals surface area contributed by atoms with Crippen molar-refractivity contribution in [2.75, 3.05) is 18.5 Å². The number of hydrogen-bond acceptors (Lipinski definition) is 6. The standard InChI is InChI=1S/C18H18N2O6/c1-2-9-25-16-8-3-13(11-21)17(10-16)26-12-18(22)19-14-4-6-15(7-5-14)20(23)24/h3-8,10-11H,2,9,12H2,1H3,(H,19,22). The van der Waals surface area contributed by atoms with Crippen LogP contribution in [0, 0.1) is 10.1 Å². The number of benzene rings is 2. The molecule has 136 valence electrons. The highest BCUT2D eigenvalue weighted by atomic mass is 16.6. The first-order valence-corrected chi connectivity index (χ1v) is 7.92. The van der Waals surface area contributed by atoms with Crippen molar-refractivity contribution in [2.24, 2.45) is 0 Å². The topological polar surface area (TPSA) is 108 Å². The van der Waals surface area contributed by atoms with Gasteiger partial charge < -0.3 is 14.8 Å². The van der Waals surface area contributed by atoms with Crippen LogP contribution in [0.4, 0.5) is 11.4 Å². The van der Waals surface area contributed by atoms with Gasteiger partial charge in [-0.3, -0.25) is 19.7 Å². The minimum atomic E-state index is -0.525. The number of hydrogen-bond donors (Lipinski definition) is 1. The molecule has 0 atom stereocenters. The zero-order chi connectivity index (χ0) is 18.9. The molecule has 0 aromatic heterocycles. The summed E-state index contributed by atoms with van der Waals surface area (Å²) in [6.45, 7) is 2.18. The second-order valence-electron chi connectivity index (χ2n) is 5.31. The molecule has 0 saturated carbocycles. The first-order valence-electron chi connectivity index (χ1n) is 7.92. The maximum Gasteiger partial charge on any atom is 0.269 e. The van der Waals surface area contributed by atoms with Gasteiger partial charge in [0.05, 0.1) is 17.1 Å². The summed E-state index contributed by atoms with van der Waals surface area (Å²) >= 11 is 0. The number of carbonyl (C=O) groups excluding carboxylic acids is 2. The van der Waals surface area contributed by atoms with E-state index < -0.39 is 10.8 Å². The average Bonchev–Trinajstić information content (AvgIpc) is 2.65. The molecule has 0 spiro atoms. The lowest BCUT2D eigenvalue weighted by molar-refractivity contribution is -0.384. The molecule has 2 rings (SSSR count). The van der Waals surface area contributed by atoms with Gasteiger partial charge in [-0.25, -0.2) is 0 Å². The van der Waals surface area contributed by atoms with Gasteiger partial charge in [-0.2, -0.15) is 0 Å². The van der Waals surface area contributed by atoms with Gasteiger partial charge in [0.15, 0.2) is 12.9 Å². The number of nitro benzene ring substituents is 1. The molecular weight excluding hydrogens is 340 g/mol. The third kappa shape index (κ3) is 5.30. The largest absolute Gasteiger partial charge is 0.493 e. The fourth-order valence-corrected chi connectivity index (χ4v) is 2.05. The lowest BCUT2D eigenvalue weighted by atomic mass is 10.2. The molecule has 0 aliphatic carbocycles. The van der Waals surface area contributed by atoms with Crippen LogP contribution in [0.5, 0.6) is 11.5 Å². The Morgan fingerprint density at radius 2 is 1.92 bits per heavy atom. The molecule has 0 aliphatic heterocycles. The molecule has 0 bridgehead atoms. The Labute approximate surface area is 149 Å². The molecule has 0 unspecified atom stereocenters. The quantitative estimate of drug-likeness (QED) is 0.419. The SMILES string of the molecule is CCCOc1ccc(C=O)c(OCC(=O)Nc2ccc([N+](=O)[O-])cc2)c1. The van der Waals surface area contributed by atoms with Gasteiger partial charge in [-0.1, -0.05) is 6.92 Å². The number of nitrogens with zero attached hydrogens (tertiary/aromatic N) is 1. The van der Waals surface area contributed by atoms with Crippen molar-refractivity contribution in [3.05, 3.63) is 58.1 Å². The van der Waals surface area contributed by atoms with Crippen LogP contribution >= 0.6 is 0 Å². The molecule has 0 saturated heterocycles. The molecule has 26 heavy (non-hydrogen) atoms. The van der Waals surface area contributed by atoms with E-state index in [1.165, 1.54) is 24.3 Å². The number of nitrogens with one attached hydrogen (secondary N) is 1. The van der Waals surface area contributed by atoms with Crippen molar-refractivity contribution < 1.29 is 24.0 Å². The Bertz CT molecular complexity index is 789. The van der Waals surface area contributed by atoms with Crippen molar-refractivity contribution in [1.82, 2.24) is 0 Å². The minimum Gasteiger partial charge on any atom is -0.493 e. The first-order chi connectivity index (χ1) is 12.5. The van der Waals surface area contributed by atoms with Gasteiger partial charge in [-0.15, -0.1) is 0 Å². The van der Waals surface area contributed by atoms with Crippen LogP contribution < -0.4 is 14.8 Å². The summed E-state index contributed by atoms with van der Waals surface area (Å²) in [6, 6.07) is 10.2. The highest BCUT2D eigenvalue weighted by Crippen LogP contribution is 2.24. The second kappa shape index (κ2) is 9.16. The minimum absolute atomic E-state index is 0.0706. The summed E-state index contributed by atoms with van der Waals surface area (Å²) in [7, 11) is 0. The molecule has 0 aliphatic rings. The average molecular weight is 358 g/mol. The Morgan fingerprint density at radius 1 is 1.19 bits per heavy atom. The molecule has 1 amide bonds. The molecule has 8 nitrogen and oxygen atoms in total. The third-order valence-corrected chi connectivity index (χ3v) is 3.31. The van der Waals surface area contributed by atoms with Gasteiger partial charge in [0, 0.05) is 23.9 Å². The van der Waals surface area contributed by atoms with Crippen LogP contribution in [-0.2, 0) is 4.79 Å². The van der Waals surface area contributed by atoms with E-state index >= 15 is 0 Å². The summed E-state index contributed by atoms with van der Waals surface area (Å²) in [6.07, 6.45) is 1.47. The van der Waals surface area contributed by atoms with E-state index in [4.69, 9.17) is 9.47 Å². The van der Waals surface area contributed by atoms with Gasteiger partial charge in [0.1, 0.15) is 11.5 Å². The normalized spacial score (nSPS) is 10.0. The molecule has 0 fully saturated rings. The predicted molar refractivity (Wildman–Crippen MR) is 94.8 cm³/mol. The summed E-state index contributed by atoms with van der Waals surface area (Å²) in [4.78, 5) is 33.2. The molecule has 2 aromatic rings. The van der Waals surface area contributed by atoms with E-state index in [0.29, 0.717) is 29.9 Å².